The monoisotopic (exact) mass is 443 g/mol. The third-order valence-electron chi connectivity index (χ3n) is 3.94. The first-order chi connectivity index (χ1) is 14.6. The molecule has 0 aliphatic heterocycles. The smallest absolute Gasteiger partial charge is 0.449 e. The molecule has 3 rings (SSSR count). The molecule has 7 nitrogen and oxygen atoms in total. The molecule has 1 amide bonds. The number of hydrogen-bond donors (Lipinski definition) is 1. The number of anilines is 1. The van der Waals surface area contributed by atoms with Gasteiger partial charge in [-0.15, -0.1) is 0 Å². The van der Waals surface area contributed by atoms with Crippen molar-refractivity contribution in [3.8, 4) is 5.75 Å². The van der Waals surface area contributed by atoms with E-state index in [0.717, 1.165) is 0 Å². The molecule has 164 valence electrons. The lowest BCUT2D eigenvalue weighted by molar-refractivity contribution is -0.152. The zero-order valence-corrected chi connectivity index (χ0v) is 15.5. The highest BCUT2D eigenvalue weighted by molar-refractivity contribution is 5.94. The second-order valence-electron chi connectivity index (χ2n) is 6.09. The van der Waals surface area contributed by atoms with E-state index in [1.807, 2.05) is 0 Å². The van der Waals surface area contributed by atoms with Crippen LogP contribution in [-0.2, 0) is 27.0 Å². The van der Waals surface area contributed by atoms with Gasteiger partial charge < -0.3 is 19.4 Å². The Labute approximate surface area is 171 Å². The van der Waals surface area contributed by atoms with Crippen LogP contribution in [0.3, 0.4) is 0 Å². The summed E-state index contributed by atoms with van der Waals surface area (Å²) in [7, 11) is 0. The van der Waals surface area contributed by atoms with Gasteiger partial charge in [0.2, 0.25) is 5.82 Å². The standard InChI is InChI=1S/C19H14F5N3O4/c20-18(21)31-14-8-4-2-6-12(14)25-15(28)10-30-16(29)9-27-13-7-3-1-5-11(13)26-17(27)19(22,23)24/h1-8,18H,9-10H2,(H,25,28). The fraction of sp³-hybridized carbons (Fsp3) is 0.211. The molecule has 0 radical (unpaired) electrons. The van der Waals surface area contributed by atoms with Crippen molar-refractivity contribution in [1.82, 2.24) is 9.55 Å². The van der Waals surface area contributed by atoms with E-state index in [2.05, 4.69) is 15.0 Å². The van der Waals surface area contributed by atoms with Crippen molar-refractivity contribution in [2.75, 3.05) is 11.9 Å². The highest BCUT2D eigenvalue weighted by Crippen LogP contribution is 2.31. The molecule has 1 heterocycles. The minimum atomic E-state index is -4.81. The van der Waals surface area contributed by atoms with E-state index in [4.69, 9.17) is 4.74 Å². The van der Waals surface area contributed by atoms with Crippen LogP contribution in [0.5, 0.6) is 5.75 Å². The fourth-order valence-electron chi connectivity index (χ4n) is 2.73. The van der Waals surface area contributed by atoms with Crippen molar-refractivity contribution < 1.29 is 41.0 Å². The zero-order valence-electron chi connectivity index (χ0n) is 15.5. The minimum Gasteiger partial charge on any atom is -0.454 e. The minimum absolute atomic E-state index is 0.0380. The van der Waals surface area contributed by atoms with Crippen LogP contribution in [0, 0.1) is 0 Å². The molecule has 0 atom stereocenters. The van der Waals surface area contributed by atoms with Crippen LogP contribution < -0.4 is 10.1 Å². The Morgan fingerprint density at radius 3 is 2.45 bits per heavy atom. The number of benzene rings is 2. The highest BCUT2D eigenvalue weighted by Gasteiger charge is 2.38. The Morgan fingerprint density at radius 2 is 1.74 bits per heavy atom. The molecule has 2 aromatic carbocycles. The number of alkyl halides is 5. The number of nitrogens with one attached hydrogen (secondary N) is 1. The van der Waals surface area contributed by atoms with E-state index < -0.39 is 43.6 Å². The van der Waals surface area contributed by atoms with E-state index in [1.165, 1.54) is 48.5 Å². The third-order valence-corrected chi connectivity index (χ3v) is 3.94. The lowest BCUT2D eigenvalue weighted by Gasteiger charge is -2.13. The number of esters is 1. The van der Waals surface area contributed by atoms with Gasteiger partial charge in [-0.3, -0.25) is 9.59 Å². The van der Waals surface area contributed by atoms with Gasteiger partial charge in [0.15, 0.2) is 6.61 Å². The van der Waals surface area contributed by atoms with Crippen LogP contribution >= 0.6 is 0 Å². The molecule has 0 aliphatic carbocycles. The Kier molecular flexibility index (Phi) is 6.37. The molecule has 0 saturated carbocycles. The van der Waals surface area contributed by atoms with Crippen LogP contribution in [0.15, 0.2) is 48.5 Å². The Bertz CT molecular complexity index is 1100. The molecule has 3 aromatic rings. The van der Waals surface area contributed by atoms with E-state index >= 15 is 0 Å². The second kappa shape index (κ2) is 8.98. The molecular weight excluding hydrogens is 429 g/mol. The molecule has 31 heavy (non-hydrogen) atoms. The van der Waals surface area contributed by atoms with Gasteiger partial charge in [-0.2, -0.15) is 22.0 Å². The Balaban J connectivity index is 1.66. The molecule has 1 aromatic heterocycles. The van der Waals surface area contributed by atoms with Crippen LogP contribution in [0.4, 0.5) is 27.6 Å². The number of amides is 1. The summed E-state index contributed by atoms with van der Waals surface area (Å²) >= 11 is 0. The number of aromatic nitrogens is 2. The Hall–Kier alpha value is -3.70. The predicted molar refractivity (Wildman–Crippen MR) is 97.4 cm³/mol. The number of imidazole rings is 1. The average Bonchev–Trinajstić information content (AvgIpc) is 3.06. The van der Waals surface area contributed by atoms with Gasteiger partial charge in [0.25, 0.3) is 5.91 Å². The molecule has 0 spiro atoms. The summed E-state index contributed by atoms with van der Waals surface area (Å²) in [5, 5.41) is 2.22. The molecule has 1 N–H and O–H groups in total. The van der Waals surface area contributed by atoms with Crippen LogP contribution in [-0.4, -0.2) is 34.6 Å². The number of fused-ring (bicyclic) bond motifs is 1. The first-order valence-corrected chi connectivity index (χ1v) is 8.67. The van der Waals surface area contributed by atoms with E-state index in [9.17, 15) is 31.5 Å². The van der Waals surface area contributed by atoms with Crippen molar-refractivity contribution in [3.05, 3.63) is 54.4 Å². The molecular formula is C19H14F5N3O4. The maximum absolute atomic E-state index is 13.3. The number of carbonyl (C=O) groups excluding carboxylic acids is 2. The van der Waals surface area contributed by atoms with E-state index in [-0.39, 0.29) is 22.5 Å². The molecule has 0 aliphatic rings. The number of para-hydroxylation sites is 4. The van der Waals surface area contributed by atoms with Gasteiger partial charge in [0.05, 0.1) is 16.7 Å². The summed E-state index contributed by atoms with van der Waals surface area (Å²) in [5.74, 6) is -3.61. The predicted octanol–water partition coefficient (Wildman–Crippen LogP) is 3.84. The maximum Gasteiger partial charge on any atom is 0.449 e. The van der Waals surface area contributed by atoms with E-state index in [1.54, 1.807) is 0 Å². The lowest BCUT2D eigenvalue weighted by atomic mass is 10.3. The van der Waals surface area contributed by atoms with Gasteiger partial charge in [-0.1, -0.05) is 24.3 Å². The van der Waals surface area contributed by atoms with Crippen molar-refractivity contribution >= 4 is 28.6 Å². The van der Waals surface area contributed by atoms with Crippen molar-refractivity contribution in [3.63, 3.8) is 0 Å². The second-order valence-corrected chi connectivity index (χ2v) is 6.09. The SMILES string of the molecule is O=C(COC(=O)Cn1c(C(F)(F)F)nc2ccccc21)Nc1ccccc1OC(F)F. The molecule has 0 unspecified atom stereocenters. The maximum atomic E-state index is 13.3. The quantitative estimate of drug-likeness (QED) is 0.443. The number of hydrogen-bond acceptors (Lipinski definition) is 5. The number of rotatable bonds is 7. The number of nitrogens with zero attached hydrogens (tertiary/aromatic N) is 2. The largest absolute Gasteiger partial charge is 0.454 e. The summed E-state index contributed by atoms with van der Waals surface area (Å²) in [4.78, 5) is 27.5. The first kappa shape index (κ1) is 22.0. The summed E-state index contributed by atoms with van der Waals surface area (Å²) in [6, 6.07) is 11.0. The van der Waals surface area contributed by atoms with Crippen molar-refractivity contribution in [1.29, 1.82) is 0 Å². The number of halogens is 5. The van der Waals surface area contributed by atoms with Gasteiger partial charge >= 0.3 is 18.8 Å². The summed E-state index contributed by atoms with van der Waals surface area (Å²) < 4.78 is 74.2. The lowest BCUT2D eigenvalue weighted by Crippen LogP contribution is -2.25. The first-order valence-electron chi connectivity index (χ1n) is 8.67. The molecule has 12 heteroatoms. The number of ether oxygens (including phenoxy) is 2. The summed E-state index contributed by atoms with van der Waals surface area (Å²) in [5.41, 5.74) is 0.00844. The topological polar surface area (TPSA) is 82.5 Å². The van der Waals surface area contributed by atoms with Gasteiger partial charge in [0.1, 0.15) is 12.3 Å². The molecule has 0 fully saturated rings. The summed E-state index contributed by atoms with van der Waals surface area (Å²) in [6.45, 7) is -4.81. The molecule has 0 saturated heterocycles. The fourth-order valence-corrected chi connectivity index (χ4v) is 2.73. The summed E-state index contributed by atoms with van der Waals surface area (Å²) in [6.07, 6.45) is -4.81. The van der Waals surface area contributed by atoms with Gasteiger partial charge in [-0.05, 0) is 24.3 Å². The highest BCUT2D eigenvalue weighted by atomic mass is 19.4. The normalized spacial score (nSPS) is 11.5. The van der Waals surface area contributed by atoms with Crippen LogP contribution in [0.1, 0.15) is 5.82 Å². The number of carbonyl (C=O) groups is 2. The molecule has 0 bridgehead atoms. The van der Waals surface area contributed by atoms with Crippen molar-refractivity contribution in [2.45, 2.75) is 19.3 Å². The van der Waals surface area contributed by atoms with Crippen LogP contribution in [0.25, 0.3) is 11.0 Å². The Morgan fingerprint density at radius 1 is 1.06 bits per heavy atom. The zero-order chi connectivity index (χ0) is 22.6. The van der Waals surface area contributed by atoms with Crippen molar-refractivity contribution in [2.24, 2.45) is 0 Å². The van der Waals surface area contributed by atoms with E-state index in [0.29, 0.717) is 4.57 Å². The van der Waals surface area contributed by atoms with Gasteiger partial charge in [0, 0.05) is 0 Å². The average molecular weight is 443 g/mol. The van der Waals surface area contributed by atoms with Crippen LogP contribution in [0.2, 0.25) is 0 Å². The third kappa shape index (κ3) is 5.47. The van der Waals surface area contributed by atoms with Gasteiger partial charge in [-0.25, -0.2) is 4.98 Å².